The molecule has 0 unspecified atom stereocenters. The molecule has 3 aliphatic heterocycles. The van der Waals surface area contributed by atoms with Crippen LogP contribution < -0.4 is 14.5 Å². The molecule has 0 aliphatic carbocycles. The van der Waals surface area contributed by atoms with E-state index in [1.54, 1.807) is 12.0 Å². The van der Waals surface area contributed by atoms with Crippen molar-refractivity contribution in [1.82, 2.24) is 19.8 Å². The Balaban J connectivity index is 1.32. The summed E-state index contributed by atoms with van der Waals surface area (Å²) in [6.45, 7) is 5.85. The van der Waals surface area contributed by atoms with Crippen molar-refractivity contribution in [2.45, 2.75) is 50.9 Å². The molecule has 3 aliphatic rings. The zero-order valence-electron chi connectivity index (χ0n) is 26.8. The largest absolute Gasteiger partial charge is 0.462 e. The van der Waals surface area contributed by atoms with Gasteiger partial charge in [0.1, 0.15) is 19.0 Å². The molecular weight excluding hydrogens is 582 g/mol. The fourth-order valence-corrected chi connectivity index (χ4v) is 7.04. The minimum Gasteiger partial charge on any atom is -0.462 e. The van der Waals surface area contributed by atoms with Crippen LogP contribution in [0.3, 0.4) is 0 Å². The number of nitrogens with zero attached hydrogens (tertiary/aromatic N) is 7. The first-order chi connectivity index (χ1) is 22.4. The number of aliphatic hydroxyl groups is 1. The van der Waals surface area contributed by atoms with Crippen LogP contribution in [0.1, 0.15) is 29.7 Å². The maximum atomic E-state index is 12.8. The minimum atomic E-state index is -0.386. The van der Waals surface area contributed by atoms with E-state index in [4.69, 9.17) is 24.5 Å². The van der Waals surface area contributed by atoms with E-state index < -0.39 is 0 Å². The predicted octanol–water partition coefficient (Wildman–Crippen LogP) is 2.53. The Labute approximate surface area is 270 Å². The molecule has 2 saturated heterocycles. The van der Waals surface area contributed by atoms with Crippen LogP contribution in [0.5, 0.6) is 6.01 Å². The van der Waals surface area contributed by atoms with Crippen molar-refractivity contribution in [3.8, 4) is 23.9 Å². The van der Waals surface area contributed by atoms with E-state index >= 15 is 0 Å². The number of benzene rings is 2. The van der Waals surface area contributed by atoms with Crippen molar-refractivity contribution in [2.24, 2.45) is 0 Å². The van der Waals surface area contributed by atoms with E-state index in [1.807, 2.05) is 0 Å². The highest BCUT2D eigenvalue weighted by Crippen LogP contribution is 2.36. The number of nitriles is 1. The lowest BCUT2D eigenvalue weighted by molar-refractivity contribution is -0.127. The van der Waals surface area contributed by atoms with Crippen molar-refractivity contribution in [1.29, 1.82) is 5.26 Å². The maximum absolute atomic E-state index is 12.8. The molecule has 0 spiro atoms. The average Bonchev–Trinajstić information content (AvgIpc) is 3.44. The molecular formula is C35H41N7O4. The Kier molecular flexibility index (Phi) is 9.55. The molecule has 240 valence electrons. The van der Waals surface area contributed by atoms with Gasteiger partial charge in [-0.15, -0.1) is 0 Å². The first-order valence-corrected chi connectivity index (χ1v) is 15.9. The lowest BCUT2D eigenvalue weighted by atomic mass is 9.99. The number of methoxy groups -OCH3 is 1. The zero-order valence-corrected chi connectivity index (χ0v) is 26.8. The van der Waals surface area contributed by atoms with Crippen molar-refractivity contribution in [2.75, 3.05) is 69.9 Å². The summed E-state index contributed by atoms with van der Waals surface area (Å²) in [6, 6.07) is 15.3. The number of carbonyl (C=O) groups excluding carboxylic acids is 1. The van der Waals surface area contributed by atoms with Crippen LogP contribution in [-0.2, 0) is 22.5 Å². The Bertz CT molecular complexity index is 1690. The number of anilines is 2. The molecule has 2 fully saturated rings. The second-order valence-corrected chi connectivity index (χ2v) is 12.3. The normalized spacial score (nSPS) is 21.5. The number of aromatic nitrogens is 2. The highest BCUT2D eigenvalue weighted by molar-refractivity contribution is 5.97. The predicted molar refractivity (Wildman–Crippen MR) is 176 cm³/mol. The number of hydrogen-bond acceptors (Lipinski definition) is 10. The van der Waals surface area contributed by atoms with Gasteiger partial charge in [-0.3, -0.25) is 9.69 Å². The quantitative estimate of drug-likeness (QED) is 0.394. The fourth-order valence-electron chi connectivity index (χ4n) is 7.04. The zero-order chi connectivity index (χ0) is 32.2. The number of hydrogen-bond donors (Lipinski definition) is 1. The molecule has 4 heterocycles. The van der Waals surface area contributed by atoms with Gasteiger partial charge in [0.2, 0.25) is 0 Å². The van der Waals surface area contributed by atoms with Crippen LogP contribution >= 0.6 is 0 Å². The second-order valence-electron chi connectivity index (χ2n) is 12.3. The van der Waals surface area contributed by atoms with Gasteiger partial charge in [0, 0.05) is 62.5 Å². The van der Waals surface area contributed by atoms with Crippen LogP contribution in [0.4, 0.5) is 11.5 Å². The van der Waals surface area contributed by atoms with Crippen molar-refractivity contribution in [3.63, 3.8) is 0 Å². The van der Waals surface area contributed by atoms with Gasteiger partial charge in [0.25, 0.3) is 5.91 Å². The number of likely N-dealkylation sites (N-methyl/N-ethyl adjacent to an activating group) is 1. The van der Waals surface area contributed by atoms with Crippen molar-refractivity contribution >= 4 is 28.2 Å². The van der Waals surface area contributed by atoms with E-state index in [0.29, 0.717) is 38.8 Å². The lowest BCUT2D eigenvalue weighted by Gasteiger charge is -2.41. The third kappa shape index (κ3) is 6.45. The van der Waals surface area contributed by atoms with Crippen LogP contribution in [-0.4, -0.2) is 109 Å². The van der Waals surface area contributed by atoms with Gasteiger partial charge in [0.05, 0.1) is 36.9 Å². The molecule has 1 N–H and O–H groups in total. The molecule has 0 bridgehead atoms. The summed E-state index contributed by atoms with van der Waals surface area (Å²) in [5.41, 5.74) is 4.43. The maximum Gasteiger partial charge on any atom is 0.318 e. The lowest BCUT2D eigenvalue weighted by Crippen LogP contribution is -2.55. The molecule has 1 aromatic heterocycles. The number of fused-ring (bicyclic) bond motifs is 2. The Morgan fingerprint density at radius 1 is 1.09 bits per heavy atom. The van der Waals surface area contributed by atoms with E-state index in [1.165, 1.54) is 22.0 Å². The molecule has 2 aromatic carbocycles. The van der Waals surface area contributed by atoms with E-state index in [-0.39, 0.29) is 37.1 Å². The SMILES string of the molecule is CO[C@@H]1C[C@H](COc2nc3c(c(N4CCN(C(=O)C#CCO)[C@@H](CC#N)C4)n2)CCN(c2cccc4cccc(C)c24)C3)N(C)C1. The summed E-state index contributed by atoms with van der Waals surface area (Å²) in [5, 5.41) is 21.1. The van der Waals surface area contributed by atoms with Gasteiger partial charge in [-0.2, -0.15) is 15.2 Å². The second kappa shape index (κ2) is 13.9. The first-order valence-electron chi connectivity index (χ1n) is 15.9. The third-order valence-corrected chi connectivity index (χ3v) is 9.49. The third-order valence-electron chi connectivity index (χ3n) is 9.49. The Hall–Kier alpha value is -4.42. The number of rotatable bonds is 7. The molecule has 3 aromatic rings. The number of piperazine rings is 1. The molecule has 0 saturated carbocycles. The van der Waals surface area contributed by atoms with Gasteiger partial charge in [-0.05, 0) is 49.7 Å². The topological polar surface area (TPSA) is 118 Å². The summed E-state index contributed by atoms with van der Waals surface area (Å²) in [4.78, 5) is 31.2. The van der Waals surface area contributed by atoms with Gasteiger partial charge >= 0.3 is 6.01 Å². The molecule has 0 radical (unpaired) electrons. The molecule has 11 heteroatoms. The highest BCUT2D eigenvalue weighted by Gasteiger charge is 2.34. The summed E-state index contributed by atoms with van der Waals surface area (Å²) >= 11 is 0. The van der Waals surface area contributed by atoms with Gasteiger partial charge in [-0.1, -0.05) is 36.3 Å². The van der Waals surface area contributed by atoms with Crippen molar-refractivity contribution in [3.05, 3.63) is 53.2 Å². The van der Waals surface area contributed by atoms with Crippen LogP contribution in [0, 0.1) is 30.1 Å². The molecule has 3 atom stereocenters. The monoisotopic (exact) mass is 623 g/mol. The van der Waals surface area contributed by atoms with Gasteiger partial charge < -0.3 is 29.3 Å². The Morgan fingerprint density at radius 3 is 2.67 bits per heavy atom. The molecule has 6 rings (SSSR count). The standard InChI is InChI=1S/C35H41N7O4/c1-24-7-4-8-25-9-5-10-31(33(24)25)40-15-13-29-30(22-40)37-35(46-23-27-19-28(45-3)21-39(27)2)38-34(29)41-16-17-42(26(20-41)12-14-36)32(44)11-6-18-43/h4-5,7-10,26-28,43H,12-13,15-23H2,1-3H3/t26-,27+,28+/m0/s1. The molecule has 46 heavy (non-hydrogen) atoms. The van der Waals surface area contributed by atoms with Crippen LogP contribution in [0.25, 0.3) is 10.8 Å². The summed E-state index contributed by atoms with van der Waals surface area (Å²) < 4.78 is 11.9. The minimum absolute atomic E-state index is 0.169. The smallest absolute Gasteiger partial charge is 0.318 e. The van der Waals surface area contributed by atoms with Crippen LogP contribution in [0.2, 0.25) is 0 Å². The highest BCUT2D eigenvalue weighted by atomic mass is 16.5. The summed E-state index contributed by atoms with van der Waals surface area (Å²) in [7, 11) is 3.83. The van der Waals surface area contributed by atoms with Crippen molar-refractivity contribution < 1.29 is 19.4 Å². The number of amides is 1. The summed E-state index contributed by atoms with van der Waals surface area (Å²) in [5.74, 6) is 5.36. The van der Waals surface area contributed by atoms with Gasteiger partial charge in [0.15, 0.2) is 0 Å². The number of ether oxygens (including phenoxy) is 2. The number of aliphatic hydroxyl groups excluding tert-OH is 1. The Morgan fingerprint density at radius 2 is 1.91 bits per heavy atom. The van der Waals surface area contributed by atoms with E-state index in [9.17, 15) is 10.1 Å². The molecule has 1 amide bonds. The average molecular weight is 624 g/mol. The van der Waals surface area contributed by atoms with E-state index in [2.05, 4.69) is 83.0 Å². The first kappa shape index (κ1) is 31.6. The van der Waals surface area contributed by atoms with E-state index in [0.717, 1.165) is 43.0 Å². The number of carbonyl (C=O) groups is 1. The molecule has 11 nitrogen and oxygen atoms in total. The number of likely N-dealkylation sites (tertiary alicyclic amines) is 1. The number of aryl methyl sites for hydroxylation is 1. The van der Waals surface area contributed by atoms with Gasteiger partial charge in [-0.25, -0.2) is 0 Å². The fraction of sp³-hybridized carbons (Fsp3) is 0.486. The summed E-state index contributed by atoms with van der Waals surface area (Å²) in [6.07, 6.45) is 1.97. The van der Waals surface area contributed by atoms with Crippen LogP contribution in [0.15, 0.2) is 36.4 Å².